The molecule has 19 heavy (non-hydrogen) atoms. The van der Waals surface area contributed by atoms with Gasteiger partial charge in [-0.2, -0.15) is 0 Å². The van der Waals surface area contributed by atoms with Crippen LogP contribution in [0.1, 0.15) is 23.6 Å². The van der Waals surface area contributed by atoms with E-state index < -0.39 is 5.97 Å². The first-order chi connectivity index (χ1) is 9.13. The summed E-state index contributed by atoms with van der Waals surface area (Å²) in [4.78, 5) is 12.8. The van der Waals surface area contributed by atoms with Gasteiger partial charge in [0, 0.05) is 19.7 Å². The maximum atomic E-state index is 13.7. The van der Waals surface area contributed by atoms with Crippen LogP contribution in [0.3, 0.4) is 0 Å². The quantitative estimate of drug-likeness (QED) is 0.854. The molecule has 0 saturated carbocycles. The number of aliphatic carboxylic acids is 1. The fourth-order valence-corrected chi connectivity index (χ4v) is 2.69. The highest BCUT2D eigenvalue weighted by Crippen LogP contribution is 2.36. The molecule has 104 valence electrons. The second-order valence-corrected chi connectivity index (χ2v) is 4.72. The van der Waals surface area contributed by atoms with Crippen LogP contribution < -0.4 is 0 Å². The molecular weight excluding hydrogens is 249 g/mol. The smallest absolute Gasteiger partial charge is 0.317 e. The van der Waals surface area contributed by atoms with E-state index >= 15 is 0 Å². The van der Waals surface area contributed by atoms with Crippen molar-refractivity contribution in [1.82, 2.24) is 4.90 Å². The van der Waals surface area contributed by atoms with Crippen LogP contribution in [-0.4, -0.2) is 42.8 Å². The predicted molar refractivity (Wildman–Crippen MR) is 68.5 cm³/mol. The average Bonchev–Trinajstić information content (AvgIpc) is 2.79. The molecule has 1 aromatic carbocycles. The van der Waals surface area contributed by atoms with Crippen LogP contribution in [0.5, 0.6) is 0 Å². The molecule has 1 N–H and O–H groups in total. The van der Waals surface area contributed by atoms with Gasteiger partial charge in [0.15, 0.2) is 0 Å². The highest BCUT2D eigenvalue weighted by molar-refractivity contribution is 5.69. The maximum absolute atomic E-state index is 13.7. The number of carboxylic acids is 1. The Hall–Kier alpha value is -1.46. The molecule has 1 aliphatic carbocycles. The molecule has 0 spiro atoms. The number of carboxylic acid groups (broad SMARTS) is 1. The van der Waals surface area contributed by atoms with Gasteiger partial charge in [0.05, 0.1) is 13.2 Å². The Morgan fingerprint density at radius 3 is 3.05 bits per heavy atom. The van der Waals surface area contributed by atoms with E-state index in [1.165, 1.54) is 6.07 Å². The van der Waals surface area contributed by atoms with E-state index in [4.69, 9.17) is 9.84 Å². The van der Waals surface area contributed by atoms with Gasteiger partial charge in [-0.1, -0.05) is 12.1 Å². The highest BCUT2D eigenvalue weighted by atomic mass is 19.1. The maximum Gasteiger partial charge on any atom is 0.317 e. The van der Waals surface area contributed by atoms with Gasteiger partial charge in [-0.3, -0.25) is 9.69 Å². The summed E-state index contributed by atoms with van der Waals surface area (Å²) < 4.78 is 18.7. The van der Waals surface area contributed by atoms with Crippen LogP contribution in [0, 0.1) is 5.82 Å². The van der Waals surface area contributed by atoms with Crippen molar-refractivity contribution >= 4 is 5.97 Å². The standard InChI is InChI=1S/C14H18FNO3/c1-19-8-7-16(9-14(17)18)13-6-5-10-11(13)3-2-4-12(10)15/h2-4,13H,5-9H2,1H3,(H,17,18). The van der Waals surface area contributed by atoms with Gasteiger partial charge in [-0.05, 0) is 30.0 Å². The minimum atomic E-state index is -0.874. The van der Waals surface area contributed by atoms with E-state index in [2.05, 4.69) is 0 Å². The Morgan fingerprint density at radius 1 is 1.58 bits per heavy atom. The second-order valence-electron chi connectivity index (χ2n) is 4.72. The van der Waals surface area contributed by atoms with Crippen molar-refractivity contribution in [2.45, 2.75) is 18.9 Å². The van der Waals surface area contributed by atoms with Crippen molar-refractivity contribution in [3.8, 4) is 0 Å². The summed E-state index contributed by atoms with van der Waals surface area (Å²) in [6.07, 6.45) is 1.42. The largest absolute Gasteiger partial charge is 0.480 e. The van der Waals surface area contributed by atoms with Crippen molar-refractivity contribution in [1.29, 1.82) is 0 Å². The average molecular weight is 267 g/mol. The number of halogens is 1. The van der Waals surface area contributed by atoms with Gasteiger partial charge in [-0.15, -0.1) is 0 Å². The first-order valence-corrected chi connectivity index (χ1v) is 6.35. The van der Waals surface area contributed by atoms with Crippen LogP contribution in [0.25, 0.3) is 0 Å². The number of nitrogens with zero attached hydrogens (tertiary/aromatic N) is 1. The normalized spacial score (nSPS) is 17.7. The van der Waals surface area contributed by atoms with Gasteiger partial charge in [0.25, 0.3) is 0 Å². The van der Waals surface area contributed by atoms with E-state index in [9.17, 15) is 9.18 Å². The summed E-state index contributed by atoms with van der Waals surface area (Å²) in [5.41, 5.74) is 1.64. The van der Waals surface area contributed by atoms with E-state index in [-0.39, 0.29) is 18.4 Å². The molecule has 1 atom stereocenters. The molecule has 0 aromatic heterocycles. The number of hydrogen-bond donors (Lipinski definition) is 1. The zero-order valence-electron chi connectivity index (χ0n) is 10.9. The van der Waals surface area contributed by atoms with E-state index in [1.54, 1.807) is 13.2 Å². The fourth-order valence-electron chi connectivity index (χ4n) is 2.69. The number of ether oxygens (including phenoxy) is 1. The van der Waals surface area contributed by atoms with E-state index in [1.807, 2.05) is 11.0 Å². The summed E-state index contributed by atoms with van der Waals surface area (Å²) >= 11 is 0. The number of rotatable bonds is 6. The Kier molecular flexibility index (Phi) is 4.50. The Morgan fingerprint density at radius 2 is 2.37 bits per heavy atom. The third-order valence-electron chi connectivity index (χ3n) is 3.54. The molecule has 1 aliphatic rings. The third-order valence-corrected chi connectivity index (χ3v) is 3.54. The molecule has 4 nitrogen and oxygen atoms in total. The van der Waals surface area contributed by atoms with Gasteiger partial charge < -0.3 is 9.84 Å². The third kappa shape index (κ3) is 3.11. The second kappa shape index (κ2) is 6.12. The van der Waals surface area contributed by atoms with Crippen molar-refractivity contribution in [2.24, 2.45) is 0 Å². The van der Waals surface area contributed by atoms with Crippen LogP contribution in [0.4, 0.5) is 4.39 Å². The minimum absolute atomic E-state index is 0.0306. The topological polar surface area (TPSA) is 49.8 Å². The van der Waals surface area contributed by atoms with E-state index in [0.717, 1.165) is 17.5 Å². The summed E-state index contributed by atoms with van der Waals surface area (Å²) in [5, 5.41) is 8.99. The molecule has 0 radical (unpaired) electrons. The number of carbonyl (C=O) groups is 1. The fraction of sp³-hybridized carbons (Fsp3) is 0.500. The molecule has 1 aromatic rings. The molecule has 0 heterocycles. The lowest BCUT2D eigenvalue weighted by Crippen LogP contribution is -2.35. The molecule has 0 fully saturated rings. The number of benzene rings is 1. The van der Waals surface area contributed by atoms with Crippen molar-refractivity contribution in [3.05, 3.63) is 35.1 Å². The lowest BCUT2D eigenvalue weighted by Gasteiger charge is -2.27. The molecule has 5 heteroatoms. The summed E-state index contributed by atoms with van der Waals surface area (Å²) in [6.45, 7) is 0.946. The highest BCUT2D eigenvalue weighted by Gasteiger charge is 2.30. The van der Waals surface area contributed by atoms with Crippen LogP contribution in [0.15, 0.2) is 18.2 Å². The Bertz CT molecular complexity index is 464. The van der Waals surface area contributed by atoms with Gasteiger partial charge in [0.1, 0.15) is 5.82 Å². The number of methoxy groups -OCH3 is 1. The Balaban J connectivity index is 2.20. The van der Waals surface area contributed by atoms with Gasteiger partial charge in [-0.25, -0.2) is 4.39 Å². The monoisotopic (exact) mass is 267 g/mol. The molecular formula is C14H18FNO3. The van der Waals surface area contributed by atoms with Crippen LogP contribution >= 0.6 is 0 Å². The minimum Gasteiger partial charge on any atom is -0.480 e. The lowest BCUT2D eigenvalue weighted by molar-refractivity contribution is -0.139. The SMILES string of the molecule is COCCN(CC(=O)O)C1CCc2c(F)cccc21. The first kappa shape index (κ1) is 14.0. The van der Waals surface area contributed by atoms with Crippen molar-refractivity contribution in [2.75, 3.05) is 26.8 Å². The number of hydrogen-bond acceptors (Lipinski definition) is 3. The molecule has 0 bridgehead atoms. The Labute approximate surface area is 111 Å². The van der Waals surface area contributed by atoms with E-state index in [0.29, 0.717) is 19.6 Å². The summed E-state index contributed by atoms with van der Waals surface area (Å²) in [7, 11) is 1.58. The van der Waals surface area contributed by atoms with Crippen LogP contribution in [-0.2, 0) is 16.0 Å². The summed E-state index contributed by atoms with van der Waals surface area (Å²) in [6, 6.07) is 4.99. The van der Waals surface area contributed by atoms with Gasteiger partial charge in [0.2, 0.25) is 0 Å². The van der Waals surface area contributed by atoms with Crippen molar-refractivity contribution in [3.63, 3.8) is 0 Å². The molecule has 0 aliphatic heterocycles. The molecule has 0 amide bonds. The molecule has 2 rings (SSSR count). The zero-order valence-corrected chi connectivity index (χ0v) is 10.9. The van der Waals surface area contributed by atoms with Crippen LogP contribution in [0.2, 0.25) is 0 Å². The first-order valence-electron chi connectivity index (χ1n) is 6.35. The number of fused-ring (bicyclic) bond motifs is 1. The summed E-state index contributed by atoms with van der Waals surface area (Å²) in [5.74, 6) is -1.07. The molecule has 1 unspecified atom stereocenters. The predicted octanol–water partition coefficient (Wildman–Crippen LogP) is 1.85. The lowest BCUT2D eigenvalue weighted by atomic mass is 10.1. The molecule has 0 saturated heterocycles. The van der Waals surface area contributed by atoms with Gasteiger partial charge >= 0.3 is 5.97 Å². The van der Waals surface area contributed by atoms with Crippen molar-refractivity contribution < 1.29 is 19.0 Å². The zero-order chi connectivity index (χ0) is 13.8.